The molecule has 1 aromatic heterocycles. The van der Waals surface area contributed by atoms with Gasteiger partial charge >= 0.3 is 5.97 Å². The first-order chi connectivity index (χ1) is 14.7. The Morgan fingerprint density at radius 2 is 1.80 bits per heavy atom. The Kier molecular flexibility index (Phi) is 7.80. The van der Waals surface area contributed by atoms with E-state index in [4.69, 9.17) is 9.47 Å². The maximum atomic E-state index is 12.4. The Bertz CT molecular complexity index is 966. The molecule has 1 amide bonds. The lowest BCUT2D eigenvalue weighted by Gasteiger charge is -2.18. The van der Waals surface area contributed by atoms with Gasteiger partial charge in [-0.1, -0.05) is 48.5 Å². The lowest BCUT2D eigenvalue weighted by Crippen LogP contribution is -2.32. The second-order valence-electron chi connectivity index (χ2n) is 6.37. The fourth-order valence-corrected chi connectivity index (χ4v) is 3.62. The van der Waals surface area contributed by atoms with Crippen molar-refractivity contribution in [3.8, 4) is 5.75 Å². The van der Waals surface area contributed by atoms with E-state index in [2.05, 4.69) is 5.32 Å². The summed E-state index contributed by atoms with van der Waals surface area (Å²) in [6.45, 7) is 2.17. The molecule has 0 aliphatic carbocycles. The molecule has 0 fully saturated rings. The van der Waals surface area contributed by atoms with Gasteiger partial charge in [0.25, 0.3) is 5.91 Å². The molecule has 0 bridgehead atoms. The summed E-state index contributed by atoms with van der Waals surface area (Å²) in [4.78, 5) is 25.4. The number of esters is 1. The number of rotatable bonds is 9. The Morgan fingerprint density at radius 3 is 2.47 bits per heavy atom. The molecule has 0 aliphatic rings. The van der Waals surface area contributed by atoms with Crippen molar-refractivity contribution in [3.63, 3.8) is 0 Å². The van der Waals surface area contributed by atoms with Crippen molar-refractivity contribution in [1.82, 2.24) is 5.32 Å². The maximum absolute atomic E-state index is 12.4. The van der Waals surface area contributed by atoms with Crippen molar-refractivity contribution in [3.05, 3.63) is 94.2 Å². The van der Waals surface area contributed by atoms with E-state index in [1.165, 1.54) is 6.08 Å². The highest BCUT2D eigenvalue weighted by Gasteiger charge is 2.18. The van der Waals surface area contributed by atoms with Crippen LogP contribution in [0.2, 0.25) is 0 Å². The first-order valence-electron chi connectivity index (χ1n) is 9.61. The average Bonchev–Trinajstić information content (AvgIpc) is 3.31. The fourth-order valence-electron chi connectivity index (χ4n) is 2.81. The molecule has 1 N–H and O–H groups in total. The van der Waals surface area contributed by atoms with E-state index in [9.17, 15) is 9.59 Å². The summed E-state index contributed by atoms with van der Waals surface area (Å²) >= 11 is 1.56. The number of hydrogen-bond acceptors (Lipinski definition) is 5. The number of carbonyl (C=O) groups excluding carboxylic acids is 2. The summed E-state index contributed by atoms with van der Waals surface area (Å²) < 4.78 is 10.5. The van der Waals surface area contributed by atoms with Crippen molar-refractivity contribution in [2.45, 2.75) is 13.0 Å². The molecule has 1 heterocycles. The van der Waals surface area contributed by atoms with Gasteiger partial charge in [-0.2, -0.15) is 0 Å². The number of nitrogens with one attached hydrogen (secondary N) is 1. The minimum atomic E-state index is -0.577. The minimum Gasteiger partial charge on any atom is -0.494 e. The van der Waals surface area contributed by atoms with Gasteiger partial charge in [0, 0.05) is 11.0 Å². The quantitative estimate of drug-likeness (QED) is 0.405. The Labute approximate surface area is 180 Å². The molecule has 0 saturated carbocycles. The topological polar surface area (TPSA) is 64.6 Å². The Hall–Kier alpha value is -3.38. The van der Waals surface area contributed by atoms with Crippen LogP contribution >= 0.6 is 11.3 Å². The zero-order chi connectivity index (χ0) is 21.2. The Morgan fingerprint density at radius 1 is 1.03 bits per heavy atom. The lowest BCUT2D eigenvalue weighted by molar-refractivity contribution is -0.143. The molecule has 0 aliphatic heterocycles. The minimum absolute atomic E-state index is 0.281. The van der Waals surface area contributed by atoms with Crippen LogP contribution < -0.4 is 10.1 Å². The number of ether oxygens (including phenoxy) is 2. The lowest BCUT2D eigenvalue weighted by atomic mass is 10.1. The van der Waals surface area contributed by atoms with Gasteiger partial charge in [0.15, 0.2) is 6.61 Å². The van der Waals surface area contributed by atoms with Crippen LogP contribution in [-0.4, -0.2) is 25.1 Å². The van der Waals surface area contributed by atoms with Crippen molar-refractivity contribution >= 4 is 29.3 Å². The summed E-state index contributed by atoms with van der Waals surface area (Å²) in [6.07, 6.45) is 2.94. The number of benzene rings is 2. The van der Waals surface area contributed by atoms with Gasteiger partial charge in [-0.25, -0.2) is 4.79 Å². The van der Waals surface area contributed by atoms with Crippen LogP contribution in [0.15, 0.2) is 78.2 Å². The van der Waals surface area contributed by atoms with E-state index in [0.717, 1.165) is 21.8 Å². The molecule has 0 unspecified atom stereocenters. The zero-order valence-corrected chi connectivity index (χ0v) is 17.4. The molecule has 6 heteroatoms. The molecular weight excluding hydrogens is 398 g/mol. The van der Waals surface area contributed by atoms with E-state index in [0.29, 0.717) is 6.61 Å². The predicted molar refractivity (Wildman–Crippen MR) is 118 cm³/mol. The number of thiophene rings is 1. The summed E-state index contributed by atoms with van der Waals surface area (Å²) in [7, 11) is 0. The molecule has 0 saturated heterocycles. The maximum Gasteiger partial charge on any atom is 0.331 e. The highest BCUT2D eigenvalue weighted by molar-refractivity contribution is 7.10. The molecule has 0 spiro atoms. The van der Waals surface area contributed by atoms with E-state index in [1.54, 1.807) is 17.4 Å². The molecule has 5 nitrogen and oxygen atoms in total. The van der Waals surface area contributed by atoms with Crippen molar-refractivity contribution in [1.29, 1.82) is 0 Å². The summed E-state index contributed by atoms with van der Waals surface area (Å²) in [5, 5.41) is 4.90. The van der Waals surface area contributed by atoms with E-state index in [-0.39, 0.29) is 18.6 Å². The van der Waals surface area contributed by atoms with Gasteiger partial charge < -0.3 is 14.8 Å². The molecule has 0 radical (unpaired) electrons. The Balaban J connectivity index is 1.53. The van der Waals surface area contributed by atoms with Gasteiger partial charge in [0.1, 0.15) is 5.75 Å². The molecular formula is C24H23NO4S. The number of carbonyl (C=O) groups is 2. The smallest absolute Gasteiger partial charge is 0.331 e. The van der Waals surface area contributed by atoms with Crippen LogP contribution in [0.3, 0.4) is 0 Å². The van der Waals surface area contributed by atoms with Crippen LogP contribution in [-0.2, 0) is 14.3 Å². The highest BCUT2D eigenvalue weighted by atomic mass is 32.1. The van der Waals surface area contributed by atoms with Gasteiger partial charge in [-0.3, -0.25) is 4.79 Å². The molecule has 3 aromatic rings. The van der Waals surface area contributed by atoms with Crippen LogP contribution in [0.4, 0.5) is 0 Å². The predicted octanol–water partition coefficient (Wildman–Crippen LogP) is 4.61. The second kappa shape index (κ2) is 11.0. The SMILES string of the molecule is CCOc1ccc(/C=C/C(=O)OCC(=O)N[C@H](c2ccccc2)c2cccs2)cc1. The van der Waals surface area contributed by atoms with Crippen LogP contribution in [0.25, 0.3) is 6.08 Å². The van der Waals surface area contributed by atoms with Gasteiger partial charge in [-0.15, -0.1) is 11.3 Å². The number of hydrogen-bond donors (Lipinski definition) is 1. The second-order valence-corrected chi connectivity index (χ2v) is 7.35. The average molecular weight is 422 g/mol. The van der Waals surface area contributed by atoms with Crippen molar-refractivity contribution in [2.24, 2.45) is 0 Å². The highest BCUT2D eigenvalue weighted by Crippen LogP contribution is 2.25. The van der Waals surface area contributed by atoms with E-state index in [1.807, 2.05) is 79.0 Å². The molecule has 3 rings (SSSR count). The fraction of sp³-hybridized carbons (Fsp3) is 0.167. The van der Waals surface area contributed by atoms with Gasteiger partial charge in [-0.05, 0) is 47.7 Å². The van der Waals surface area contributed by atoms with E-state index >= 15 is 0 Å². The third-order valence-electron chi connectivity index (χ3n) is 4.21. The van der Waals surface area contributed by atoms with Crippen molar-refractivity contribution < 1.29 is 19.1 Å². The summed E-state index contributed by atoms with van der Waals surface area (Å²) in [6, 6.07) is 20.6. The van der Waals surface area contributed by atoms with Gasteiger partial charge in [0.2, 0.25) is 0 Å². The molecule has 154 valence electrons. The third-order valence-corrected chi connectivity index (χ3v) is 5.15. The van der Waals surface area contributed by atoms with E-state index < -0.39 is 5.97 Å². The van der Waals surface area contributed by atoms with Crippen molar-refractivity contribution in [2.75, 3.05) is 13.2 Å². The van der Waals surface area contributed by atoms with Crippen LogP contribution in [0.5, 0.6) is 5.75 Å². The third kappa shape index (κ3) is 6.32. The van der Waals surface area contributed by atoms with Crippen LogP contribution in [0, 0.1) is 0 Å². The first kappa shape index (κ1) is 21.3. The zero-order valence-electron chi connectivity index (χ0n) is 16.6. The summed E-state index contributed by atoms with van der Waals surface area (Å²) in [5.74, 6) is -0.168. The monoisotopic (exact) mass is 421 g/mol. The first-order valence-corrected chi connectivity index (χ1v) is 10.5. The summed E-state index contributed by atoms with van der Waals surface area (Å²) in [5.41, 5.74) is 1.80. The molecule has 1 atom stereocenters. The molecule has 2 aromatic carbocycles. The molecule has 30 heavy (non-hydrogen) atoms. The van der Waals surface area contributed by atoms with Gasteiger partial charge in [0.05, 0.1) is 12.6 Å². The normalized spacial score (nSPS) is 11.8. The van der Waals surface area contributed by atoms with Crippen LogP contribution in [0.1, 0.15) is 29.0 Å². The standard InChI is InChI=1S/C24H23NO4S/c1-2-28-20-13-10-18(11-14-20)12-15-23(27)29-17-22(26)25-24(21-9-6-16-30-21)19-7-4-3-5-8-19/h3-16,24H,2,17H2,1H3,(H,25,26)/b15-12+/t24-/m1/s1. The number of amides is 1. The largest absolute Gasteiger partial charge is 0.494 e.